The molecule has 1 aliphatic carbocycles. The zero-order valence-electron chi connectivity index (χ0n) is 13.9. The van der Waals surface area contributed by atoms with Crippen molar-refractivity contribution in [2.24, 2.45) is 0 Å². The molecule has 4 rings (SSSR count). The lowest BCUT2D eigenvalue weighted by molar-refractivity contribution is 0.204. The number of nitrogens with one attached hydrogen (secondary N) is 2. The first kappa shape index (κ1) is 16.0. The van der Waals surface area contributed by atoms with Crippen molar-refractivity contribution in [3.05, 3.63) is 84.5 Å². The number of allylic oxidation sites excluding steroid dienone is 4. The number of rotatable bonds is 3. The average molecular weight is 347 g/mol. The van der Waals surface area contributed by atoms with Crippen LogP contribution in [0.1, 0.15) is 12.8 Å². The summed E-state index contributed by atoms with van der Waals surface area (Å²) in [4.78, 5) is 16.6. The third-order valence-corrected chi connectivity index (χ3v) is 4.03. The Morgan fingerprint density at radius 3 is 2.92 bits per heavy atom. The molecule has 1 aromatic carbocycles. The molecule has 2 aromatic rings. The number of carbonyl (C=O) groups excluding carboxylic acids is 1. The number of ether oxygens (including phenoxy) is 2. The van der Waals surface area contributed by atoms with E-state index in [0.29, 0.717) is 11.4 Å². The van der Waals surface area contributed by atoms with Gasteiger partial charge >= 0.3 is 6.03 Å². The number of fused-ring (bicyclic) bond motifs is 1. The van der Waals surface area contributed by atoms with Crippen LogP contribution in [0.4, 0.5) is 10.5 Å². The van der Waals surface area contributed by atoms with E-state index >= 15 is 0 Å². The van der Waals surface area contributed by atoms with Crippen molar-refractivity contribution >= 4 is 22.6 Å². The third-order valence-electron chi connectivity index (χ3n) is 4.03. The zero-order chi connectivity index (χ0) is 17.8. The maximum absolute atomic E-state index is 12.3. The van der Waals surface area contributed by atoms with Crippen molar-refractivity contribution in [1.29, 1.82) is 0 Å². The lowest BCUT2D eigenvalue weighted by Gasteiger charge is -2.20. The number of pyridine rings is 1. The number of benzene rings is 1. The maximum Gasteiger partial charge on any atom is 0.326 e. The van der Waals surface area contributed by atoms with Crippen molar-refractivity contribution in [2.75, 3.05) is 5.32 Å². The number of amides is 2. The number of anilines is 1. The minimum Gasteiger partial charge on any atom is -0.463 e. The molecule has 2 aliphatic rings. The molecule has 2 heterocycles. The standard InChI is InChI=1S/C20H17N3O3/c24-20(22-17-10-11-21-16-9-5-4-8-15(16)17)23-19-13-25-12-18(26-19)14-6-2-1-3-7-14/h1-2,4-6,8-13H,3,7H2,(H2,21,22,23,24). The Morgan fingerprint density at radius 2 is 2.04 bits per heavy atom. The Hall–Kier alpha value is -3.54. The van der Waals surface area contributed by atoms with Gasteiger partial charge in [-0.3, -0.25) is 10.3 Å². The van der Waals surface area contributed by atoms with E-state index < -0.39 is 6.03 Å². The molecule has 2 amide bonds. The average Bonchev–Trinajstić information content (AvgIpc) is 2.69. The summed E-state index contributed by atoms with van der Waals surface area (Å²) in [5.74, 6) is 0.829. The van der Waals surface area contributed by atoms with Crippen LogP contribution in [0.15, 0.2) is 84.5 Å². The highest BCUT2D eigenvalue weighted by molar-refractivity contribution is 6.00. The van der Waals surface area contributed by atoms with Gasteiger partial charge in [0, 0.05) is 11.6 Å². The number of nitrogens with zero attached hydrogens (tertiary/aromatic N) is 1. The summed E-state index contributed by atoms with van der Waals surface area (Å²) in [7, 11) is 0. The minimum absolute atomic E-state index is 0.230. The predicted octanol–water partition coefficient (Wildman–Crippen LogP) is 4.32. The number of carbonyl (C=O) groups is 1. The molecule has 1 aliphatic heterocycles. The van der Waals surface area contributed by atoms with Crippen LogP contribution in [-0.2, 0) is 9.47 Å². The summed E-state index contributed by atoms with van der Waals surface area (Å²) in [6, 6.07) is 8.93. The summed E-state index contributed by atoms with van der Waals surface area (Å²) in [5.41, 5.74) is 2.51. The number of hydrogen-bond acceptors (Lipinski definition) is 4. The number of urea groups is 1. The van der Waals surface area contributed by atoms with Crippen LogP contribution < -0.4 is 10.6 Å². The molecular formula is C20H17N3O3. The Labute approximate surface area is 150 Å². The van der Waals surface area contributed by atoms with E-state index in [1.807, 2.05) is 36.4 Å². The molecule has 6 nitrogen and oxygen atoms in total. The summed E-state index contributed by atoms with van der Waals surface area (Å²) in [6.45, 7) is 0. The van der Waals surface area contributed by atoms with Crippen LogP contribution in [0, 0.1) is 0 Å². The normalized spacial score (nSPS) is 15.9. The van der Waals surface area contributed by atoms with E-state index in [1.54, 1.807) is 12.3 Å². The summed E-state index contributed by atoms with van der Waals surface area (Å²) < 4.78 is 11.0. The monoisotopic (exact) mass is 347 g/mol. The van der Waals surface area contributed by atoms with Crippen molar-refractivity contribution in [2.45, 2.75) is 12.8 Å². The zero-order valence-corrected chi connectivity index (χ0v) is 13.9. The van der Waals surface area contributed by atoms with Gasteiger partial charge in [0.15, 0.2) is 12.0 Å². The number of aromatic nitrogens is 1. The maximum atomic E-state index is 12.3. The highest BCUT2D eigenvalue weighted by Crippen LogP contribution is 2.25. The van der Waals surface area contributed by atoms with E-state index in [-0.39, 0.29) is 5.88 Å². The van der Waals surface area contributed by atoms with Crippen molar-refractivity contribution < 1.29 is 14.3 Å². The third kappa shape index (κ3) is 3.44. The fraction of sp³-hybridized carbons (Fsp3) is 0.100. The number of para-hydroxylation sites is 1. The van der Waals surface area contributed by atoms with Crippen LogP contribution in [0.3, 0.4) is 0 Å². The van der Waals surface area contributed by atoms with Gasteiger partial charge in [-0.25, -0.2) is 4.79 Å². The predicted molar refractivity (Wildman–Crippen MR) is 98.7 cm³/mol. The SMILES string of the molecule is O=C(NC1=COC=C(C2=CC=CCC2)O1)Nc1ccnc2ccccc12. The van der Waals surface area contributed by atoms with Crippen molar-refractivity contribution in [3.8, 4) is 0 Å². The molecule has 0 unspecified atom stereocenters. The van der Waals surface area contributed by atoms with Crippen LogP contribution in [-0.4, -0.2) is 11.0 Å². The molecule has 0 radical (unpaired) electrons. The molecule has 0 fully saturated rings. The fourth-order valence-electron chi connectivity index (χ4n) is 2.80. The molecule has 2 N–H and O–H groups in total. The van der Waals surface area contributed by atoms with Crippen molar-refractivity contribution in [1.82, 2.24) is 10.3 Å². The summed E-state index contributed by atoms with van der Waals surface area (Å²) >= 11 is 0. The summed E-state index contributed by atoms with van der Waals surface area (Å²) in [6.07, 6.45) is 12.4. The van der Waals surface area contributed by atoms with E-state index in [4.69, 9.17) is 9.47 Å². The van der Waals surface area contributed by atoms with Gasteiger partial charge in [0.25, 0.3) is 0 Å². The largest absolute Gasteiger partial charge is 0.463 e. The Balaban J connectivity index is 1.43. The van der Waals surface area contributed by atoms with Crippen LogP contribution in [0.2, 0.25) is 0 Å². The van der Waals surface area contributed by atoms with E-state index in [2.05, 4.69) is 21.7 Å². The molecule has 0 saturated heterocycles. The molecule has 26 heavy (non-hydrogen) atoms. The molecule has 6 heteroatoms. The number of hydrogen-bond donors (Lipinski definition) is 2. The van der Waals surface area contributed by atoms with E-state index in [0.717, 1.165) is 29.3 Å². The van der Waals surface area contributed by atoms with Gasteiger partial charge in [0.05, 0.1) is 11.2 Å². The van der Waals surface area contributed by atoms with Gasteiger partial charge in [0.2, 0.25) is 5.88 Å². The second kappa shape index (κ2) is 7.14. The van der Waals surface area contributed by atoms with Crippen LogP contribution in [0.5, 0.6) is 0 Å². The van der Waals surface area contributed by atoms with Gasteiger partial charge < -0.3 is 14.8 Å². The first-order valence-corrected chi connectivity index (χ1v) is 8.31. The Bertz CT molecular complexity index is 968. The quantitative estimate of drug-likeness (QED) is 0.867. The first-order valence-electron chi connectivity index (χ1n) is 8.31. The fourth-order valence-corrected chi connectivity index (χ4v) is 2.80. The smallest absolute Gasteiger partial charge is 0.326 e. The molecular weight excluding hydrogens is 330 g/mol. The lowest BCUT2D eigenvalue weighted by Crippen LogP contribution is -2.30. The van der Waals surface area contributed by atoms with Gasteiger partial charge in [-0.15, -0.1) is 0 Å². The molecule has 0 saturated carbocycles. The van der Waals surface area contributed by atoms with Crippen molar-refractivity contribution in [3.63, 3.8) is 0 Å². The van der Waals surface area contributed by atoms with E-state index in [1.165, 1.54) is 12.5 Å². The second-order valence-electron chi connectivity index (χ2n) is 5.82. The Kier molecular flexibility index (Phi) is 4.38. The van der Waals surface area contributed by atoms with Gasteiger partial charge in [-0.1, -0.05) is 36.4 Å². The minimum atomic E-state index is -0.421. The Morgan fingerprint density at radius 1 is 1.12 bits per heavy atom. The van der Waals surface area contributed by atoms with Gasteiger partial charge in [-0.2, -0.15) is 0 Å². The molecule has 0 bridgehead atoms. The molecule has 0 atom stereocenters. The molecule has 130 valence electrons. The van der Waals surface area contributed by atoms with Gasteiger partial charge in [-0.05, 0) is 30.5 Å². The first-order chi connectivity index (χ1) is 12.8. The second-order valence-corrected chi connectivity index (χ2v) is 5.82. The highest BCUT2D eigenvalue weighted by Gasteiger charge is 2.17. The van der Waals surface area contributed by atoms with Crippen LogP contribution >= 0.6 is 0 Å². The highest BCUT2D eigenvalue weighted by atomic mass is 16.6. The molecule has 0 spiro atoms. The topological polar surface area (TPSA) is 72.5 Å². The van der Waals surface area contributed by atoms with E-state index in [9.17, 15) is 4.79 Å². The van der Waals surface area contributed by atoms with Crippen LogP contribution in [0.25, 0.3) is 10.9 Å². The lowest BCUT2D eigenvalue weighted by atomic mass is 10.0. The van der Waals surface area contributed by atoms with Gasteiger partial charge in [0.1, 0.15) is 6.26 Å². The summed E-state index contributed by atoms with van der Waals surface area (Å²) in [5, 5.41) is 6.33. The molecule has 1 aromatic heterocycles.